The van der Waals surface area contributed by atoms with Gasteiger partial charge in [0.2, 0.25) is 0 Å². The highest BCUT2D eigenvalue weighted by Gasteiger charge is 2.14. The molecular formula is C10H12Cl2N2O2S. The molecule has 7 heteroatoms. The molecule has 0 radical (unpaired) electrons. The second-order valence-electron chi connectivity index (χ2n) is 3.48. The van der Waals surface area contributed by atoms with Gasteiger partial charge in [0.1, 0.15) is 10.8 Å². The minimum atomic E-state index is -0.987. The summed E-state index contributed by atoms with van der Waals surface area (Å²) < 4.78 is 11.1. The summed E-state index contributed by atoms with van der Waals surface area (Å²) in [5.41, 5.74) is 0.0771. The van der Waals surface area contributed by atoms with Crippen molar-refractivity contribution in [2.24, 2.45) is 0 Å². The molecule has 1 amide bonds. The third-order valence-corrected chi connectivity index (χ3v) is 3.96. The Bertz CT molecular complexity index is 454. The van der Waals surface area contributed by atoms with Crippen LogP contribution in [-0.2, 0) is 10.8 Å². The lowest BCUT2D eigenvalue weighted by molar-refractivity contribution is 0.0949. The third-order valence-electron chi connectivity index (χ3n) is 2.14. The molecule has 2 atom stereocenters. The van der Waals surface area contributed by atoms with E-state index in [1.54, 1.807) is 13.2 Å². The first-order valence-electron chi connectivity index (χ1n) is 4.84. The van der Waals surface area contributed by atoms with E-state index in [1.165, 1.54) is 12.1 Å². The summed E-state index contributed by atoms with van der Waals surface area (Å²) in [7, 11) is -0.987. The van der Waals surface area contributed by atoms with Crippen LogP contribution in [-0.4, -0.2) is 33.2 Å². The largest absolute Gasteiger partial charge is 0.349 e. The molecule has 0 fully saturated rings. The van der Waals surface area contributed by atoms with Crippen molar-refractivity contribution in [2.45, 2.75) is 12.2 Å². The zero-order valence-corrected chi connectivity index (χ0v) is 11.7. The lowest BCUT2D eigenvalue weighted by Gasteiger charge is -2.10. The highest BCUT2D eigenvalue weighted by molar-refractivity contribution is 7.84. The van der Waals surface area contributed by atoms with Gasteiger partial charge in [-0.1, -0.05) is 23.2 Å². The van der Waals surface area contributed by atoms with E-state index in [-0.39, 0.29) is 21.1 Å². The summed E-state index contributed by atoms with van der Waals surface area (Å²) in [6.45, 7) is 2.08. The van der Waals surface area contributed by atoms with Gasteiger partial charge in [-0.2, -0.15) is 0 Å². The van der Waals surface area contributed by atoms with Gasteiger partial charge in [-0.3, -0.25) is 9.00 Å². The number of hydrogen-bond acceptors (Lipinski definition) is 3. The van der Waals surface area contributed by atoms with Gasteiger partial charge in [0, 0.05) is 28.9 Å². The average molecular weight is 295 g/mol. The highest BCUT2D eigenvalue weighted by Crippen LogP contribution is 2.16. The Balaban J connectivity index is 2.70. The monoisotopic (exact) mass is 294 g/mol. The molecule has 0 bridgehead atoms. The van der Waals surface area contributed by atoms with Crippen molar-refractivity contribution in [2.75, 3.05) is 12.8 Å². The maximum Gasteiger partial charge on any atom is 0.271 e. The summed E-state index contributed by atoms with van der Waals surface area (Å²) in [5.74, 6) is -0.421. The standard InChI is InChI=1S/C10H12Cl2N2O2S/c1-6(17(2)16)5-13-10(15)9-7(11)3-4-8(12)14-9/h3-4,6H,5H2,1-2H3,(H,13,15). The summed E-state index contributed by atoms with van der Waals surface area (Å²) in [5, 5.41) is 2.92. The van der Waals surface area contributed by atoms with Crippen molar-refractivity contribution in [3.63, 3.8) is 0 Å². The number of hydrogen-bond donors (Lipinski definition) is 1. The minimum absolute atomic E-state index is 0.0771. The predicted octanol–water partition coefficient (Wildman–Crippen LogP) is 1.89. The molecule has 0 aliphatic heterocycles. The van der Waals surface area contributed by atoms with E-state index in [4.69, 9.17) is 23.2 Å². The molecule has 0 aromatic carbocycles. The zero-order chi connectivity index (χ0) is 13.0. The number of halogens is 2. The van der Waals surface area contributed by atoms with Crippen LogP contribution in [0.4, 0.5) is 0 Å². The van der Waals surface area contributed by atoms with Crippen LogP contribution in [0.15, 0.2) is 12.1 Å². The second-order valence-corrected chi connectivity index (χ2v) is 6.08. The van der Waals surface area contributed by atoms with E-state index in [2.05, 4.69) is 10.3 Å². The Morgan fingerprint density at radius 3 is 2.76 bits per heavy atom. The molecule has 1 rings (SSSR count). The van der Waals surface area contributed by atoms with Gasteiger partial charge in [-0.15, -0.1) is 0 Å². The van der Waals surface area contributed by atoms with Gasteiger partial charge >= 0.3 is 0 Å². The molecule has 1 N–H and O–H groups in total. The number of amides is 1. The van der Waals surface area contributed by atoms with Crippen LogP contribution in [0, 0.1) is 0 Å². The molecule has 2 unspecified atom stereocenters. The minimum Gasteiger partial charge on any atom is -0.349 e. The fourth-order valence-electron chi connectivity index (χ4n) is 1.02. The molecule has 0 saturated carbocycles. The van der Waals surface area contributed by atoms with Crippen molar-refractivity contribution in [3.05, 3.63) is 28.0 Å². The molecule has 1 heterocycles. The number of rotatable bonds is 4. The van der Waals surface area contributed by atoms with Gasteiger partial charge in [0.15, 0.2) is 0 Å². The number of nitrogens with one attached hydrogen (secondary N) is 1. The van der Waals surface area contributed by atoms with E-state index >= 15 is 0 Å². The lowest BCUT2D eigenvalue weighted by Crippen LogP contribution is -2.33. The first kappa shape index (κ1) is 14.4. The lowest BCUT2D eigenvalue weighted by atomic mass is 10.3. The molecule has 0 aliphatic rings. The molecule has 4 nitrogen and oxygen atoms in total. The van der Waals surface area contributed by atoms with Crippen molar-refractivity contribution in [1.82, 2.24) is 10.3 Å². The van der Waals surface area contributed by atoms with Crippen LogP contribution in [0.2, 0.25) is 10.2 Å². The van der Waals surface area contributed by atoms with Crippen LogP contribution >= 0.6 is 23.2 Å². The topological polar surface area (TPSA) is 59.1 Å². The van der Waals surface area contributed by atoms with Crippen molar-refractivity contribution in [3.8, 4) is 0 Å². The Hall–Kier alpha value is -0.650. The Labute approximate surface area is 112 Å². The number of carbonyl (C=O) groups is 1. The predicted molar refractivity (Wildman–Crippen MR) is 70.1 cm³/mol. The van der Waals surface area contributed by atoms with Crippen LogP contribution in [0.25, 0.3) is 0 Å². The summed E-state index contributed by atoms with van der Waals surface area (Å²) in [6.07, 6.45) is 1.58. The average Bonchev–Trinajstić information content (AvgIpc) is 2.28. The Morgan fingerprint density at radius 2 is 2.18 bits per heavy atom. The fraction of sp³-hybridized carbons (Fsp3) is 0.400. The molecule has 17 heavy (non-hydrogen) atoms. The van der Waals surface area contributed by atoms with Crippen LogP contribution < -0.4 is 5.32 Å². The van der Waals surface area contributed by atoms with E-state index in [9.17, 15) is 9.00 Å². The van der Waals surface area contributed by atoms with Crippen LogP contribution in [0.1, 0.15) is 17.4 Å². The van der Waals surface area contributed by atoms with E-state index in [0.717, 1.165) is 0 Å². The number of carbonyl (C=O) groups excluding carboxylic acids is 1. The number of nitrogens with zero attached hydrogens (tertiary/aromatic N) is 1. The molecule has 94 valence electrons. The van der Waals surface area contributed by atoms with Crippen molar-refractivity contribution >= 4 is 39.9 Å². The van der Waals surface area contributed by atoms with Gasteiger partial charge < -0.3 is 5.32 Å². The normalized spacial score (nSPS) is 14.1. The molecule has 0 aliphatic carbocycles. The molecule has 0 saturated heterocycles. The van der Waals surface area contributed by atoms with Crippen LogP contribution in [0.3, 0.4) is 0 Å². The van der Waals surface area contributed by atoms with Crippen molar-refractivity contribution < 1.29 is 9.00 Å². The number of aromatic nitrogens is 1. The first-order chi connectivity index (χ1) is 7.91. The highest BCUT2D eigenvalue weighted by atomic mass is 35.5. The van der Waals surface area contributed by atoms with E-state index in [1.807, 2.05) is 0 Å². The Morgan fingerprint density at radius 1 is 1.53 bits per heavy atom. The van der Waals surface area contributed by atoms with Gasteiger partial charge in [-0.05, 0) is 19.1 Å². The summed E-state index contributed by atoms with van der Waals surface area (Å²) in [4.78, 5) is 15.6. The summed E-state index contributed by atoms with van der Waals surface area (Å²) >= 11 is 11.5. The van der Waals surface area contributed by atoms with Crippen LogP contribution in [0.5, 0.6) is 0 Å². The van der Waals surface area contributed by atoms with Gasteiger partial charge in [0.25, 0.3) is 5.91 Å². The van der Waals surface area contributed by atoms with E-state index < -0.39 is 16.7 Å². The quantitative estimate of drug-likeness (QED) is 0.863. The maximum atomic E-state index is 11.7. The first-order valence-corrected chi connectivity index (χ1v) is 7.22. The third kappa shape index (κ3) is 4.26. The molecular weight excluding hydrogens is 283 g/mol. The fourth-order valence-corrected chi connectivity index (χ4v) is 1.67. The SMILES string of the molecule is CC(CNC(=O)c1nc(Cl)ccc1Cl)S(C)=O. The van der Waals surface area contributed by atoms with Gasteiger partial charge in [-0.25, -0.2) is 4.98 Å². The smallest absolute Gasteiger partial charge is 0.271 e. The van der Waals surface area contributed by atoms with E-state index in [0.29, 0.717) is 6.54 Å². The number of pyridine rings is 1. The molecule has 0 spiro atoms. The Kier molecular flexibility index (Phi) is 5.36. The maximum absolute atomic E-state index is 11.7. The van der Waals surface area contributed by atoms with Gasteiger partial charge in [0.05, 0.1) is 5.02 Å². The molecule has 1 aromatic rings. The second kappa shape index (κ2) is 6.33. The zero-order valence-electron chi connectivity index (χ0n) is 9.37. The molecule has 1 aromatic heterocycles. The van der Waals surface area contributed by atoms with Crippen molar-refractivity contribution in [1.29, 1.82) is 0 Å². The summed E-state index contributed by atoms with van der Waals surface area (Å²) in [6, 6.07) is 3.01.